The van der Waals surface area contributed by atoms with E-state index in [0.29, 0.717) is 0 Å². The first-order chi connectivity index (χ1) is 24.8. The third kappa shape index (κ3) is 5.43. The molecule has 2 heteroatoms. The van der Waals surface area contributed by atoms with Gasteiger partial charge in [0.25, 0.3) is 0 Å². The van der Waals surface area contributed by atoms with Crippen molar-refractivity contribution in [2.24, 2.45) is 0 Å². The molecule has 0 aliphatic heterocycles. The predicted octanol–water partition coefficient (Wildman–Crippen LogP) is 13.3. The summed E-state index contributed by atoms with van der Waals surface area (Å²) in [7, 11) is 0. The molecule has 0 N–H and O–H groups in total. The van der Waals surface area contributed by atoms with Crippen LogP contribution in [-0.2, 0) is 0 Å². The topological polar surface area (TPSA) is 8.17 Å². The van der Waals surface area contributed by atoms with Gasteiger partial charge in [-0.25, -0.2) is 0 Å². The van der Waals surface area contributed by atoms with Gasteiger partial charge in [-0.3, -0.25) is 0 Å². The molecule has 0 aliphatic carbocycles. The van der Waals surface area contributed by atoms with Crippen molar-refractivity contribution in [3.05, 3.63) is 206 Å². The lowest BCUT2D eigenvalue weighted by Gasteiger charge is -2.26. The van der Waals surface area contributed by atoms with Gasteiger partial charge in [0, 0.05) is 33.5 Å². The van der Waals surface area contributed by atoms with Crippen LogP contribution in [0.25, 0.3) is 60.9 Å². The van der Waals surface area contributed by atoms with Gasteiger partial charge in [0.15, 0.2) is 0 Å². The largest absolute Gasteiger partial charge is 0.310 e. The number of hydrogen-bond donors (Lipinski definition) is 0. The Balaban J connectivity index is 1.19. The molecule has 0 saturated heterocycles. The number of anilines is 3. The van der Waals surface area contributed by atoms with Crippen LogP contribution in [0.1, 0.15) is 0 Å². The first-order valence-electron chi connectivity index (χ1n) is 17.1. The summed E-state index contributed by atoms with van der Waals surface area (Å²) in [5.41, 5.74) is 14.1. The lowest BCUT2D eigenvalue weighted by Crippen LogP contribution is -2.10. The van der Waals surface area contributed by atoms with E-state index in [-0.39, 0.29) is 0 Å². The average molecular weight is 639 g/mol. The molecule has 1 heterocycles. The second-order valence-corrected chi connectivity index (χ2v) is 12.6. The minimum atomic E-state index is 1.11. The van der Waals surface area contributed by atoms with E-state index in [1.807, 2.05) is 0 Å². The summed E-state index contributed by atoms with van der Waals surface area (Å²) >= 11 is 0. The van der Waals surface area contributed by atoms with E-state index in [1.165, 1.54) is 55.2 Å². The van der Waals surface area contributed by atoms with Gasteiger partial charge in [0.05, 0.1) is 11.0 Å². The van der Waals surface area contributed by atoms with Crippen molar-refractivity contribution in [3.63, 3.8) is 0 Å². The fraction of sp³-hybridized carbons (Fsp3) is 0. The van der Waals surface area contributed by atoms with Gasteiger partial charge in [0.1, 0.15) is 0 Å². The van der Waals surface area contributed by atoms with Gasteiger partial charge in [-0.05, 0) is 94.0 Å². The maximum absolute atomic E-state index is 2.40. The Morgan fingerprint density at radius 1 is 0.280 bits per heavy atom. The van der Waals surface area contributed by atoms with Gasteiger partial charge < -0.3 is 9.47 Å². The van der Waals surface area contributed by atoms with E-state index in [4.69, 9.17) is 0 Å². The van der Waals surface area contributed by atoms with Crippen LogP contribution in [0, 0.1) is 0 Å². The Labute approximate surface area is 292 Å². The Morgan fingerprint density at radius 3 is 1.30 bits per heavy atom. The predicted molar refractivity (Wildman–Crippen MR) is 212 cm³/mol. The van der Waals surface area contributed by atoms with Gasteiger partial charge in [-0.15, -0.1) is 0 Å². The Hall–Kier alpha value is -6.64. The lowest BCUT2D eigenvalue weighted by molar-refractivity contribution is 1.18. The monoisotopic (exact) mass is 638 g/mol. The van der Waals surface area contributed by atoms with Crippen molar-refractivity contribution in [1.82, 2.24) is 4.57 Å². The van der Waals surface area contributed by atoms with Crippen LogP contribution >= 0.6 is 0 Å². The van der Waals surface area contributed by atoms with E-state index in [0.717, 1.165) is 22.7 Å². The van der Waals surface area contributed by atoms with Crippen molar-refractivity contribution >= 4 is 38.9 Å². The third-order valence-electron chi connectivity index (χ3n) is 9.59. The Morgan fingerprint density at radius 2 is 0.720 bits per heavy atom. The third-order valence-corrected chi connectivity index (χ3v) is 9.59. The van der Waals surface area contributed by atoms with Gasteiger partial charge in [-0.1, -0.05) is 146 Å². The summed E-state index contributed by atoms with van der Waals surface area (Å²) in [6, 6.07) is 74.0. The van der Waals surface area contributed by atoms with Crippen molar-refractivity contribution in [3.8, 4) is 39.1 Å². The summed E-state index contributed by atoms with van der Waals surface area (Å²) < 4.78 is 2.40. The van der Waals surface area contributed by atoms with E-state index in [9.17, 15) is 0 Å². The highest BCUT2D eigenvalue weighted by Crippen LogP contribution is 2.41. The molecule has 0 radical (unpaired) electrons. The summed E-state index contributed by atoms with van der Waals surface area (Å²) in [5, 5.41) is 2.45. The molecule has 9 rings (SSSR count). The van der Waals surface area contributed by atoms with Gasteiger partial charge in [-0.2, -0.15) is 0 Å². The minimum absolute atomic E-state index is 1.11. The maximum atomic E-state index is 2.40. The summed E-state index contributed by atoms with van der Waals surface area (Å²) in [6.07, 6.45) is 0. The molecular weight excluding hydrogens is 605 g/mol. The molecule has 0 unspecified atom stereocenters. The van der Waals surface area contributed by atoms with Crippen LogP contribution < -0.4 is 4.90 Å². The summed E-state index contributed by atoms with van der Waals surface area (Å²) in [6.45, 7) is 0. The Bertz CT molecular complexity index is 2470. The van der Waals surface area contributed by atoms with E-state index in [1.54, 1.807) is 0 Å². The minimum Gasteiger partial charge on any atom is -0.310 e. The Kier molecular flexibility index (Phi) is 7.53. The summed E-state index contributed by atoms with van der Waals surface area (Å²) in [5.74, 6) is 0. The molecule has 50 heavy (non-hydrogen) atoms. The number of aromatic nitrogens is 1. The van der Waals surface area contributed by atoms with Crippen LogP contribution in [0.3, 0.4) is 0 Å². The number of fused-ring (bicyclic) bond motifs is 3. The second-order valence-electron chi connectivity index (χ2n) is 12.6. The van der Waals surface area contributed by atoms with Crippen LogP contribution in [0.4, 0.5) is 17.1 Å². The van der Waals surface area contributed by atoms with Crippen molar-refractivity contribution < 1.29 is 0 Å². The number of rotatable bonds is 7. The van der Waals surface area contributed by atoms with Crippen LogP contribution in [0.5, 0.6) is 0 Å². The zero-order valence-corrected chi connectivity index (χ0v) is 27.5. The molecule has 0 spiro atoms. The highest BCUT2D eigenvalue weighted by atomic mass is 15.1. The van der Waals surface area contributed by atoms with Crippen LogP contribution in [0.15, 0.2) is 206 Å². The van der Waals surface area contributed by atoms with E-state index in [2.05, 4.69) is 216 Å². The fourth-order valence-electron chi connectivity index (χ4n) is 7.15. The maximum Gasteiger partial charge on any atom is 0.0542 e. The molecule has 2 nitrogen and oxygen atoms in total. The average Bonchev–Trinajstić information content (AvgIpc) is 3.53. The molecule has 0 amide bonds. The SMILES string of the molecule is c1ccc(-c2ccc(N(c3ccc(-c4ccccc4)cc3)c3ccc4c(c3)c3ccccc3n4-c3cccc(-c4ccccc4)c3)cc2)cc1. The smallest absolute Gasteiger partial charge is 0.0542 e. The number of para-hydroxylation sites is 1. The molecular formula is C48H34N2. The van der Waals surface area contributed by atoms with E-state index >= 15 is 0 Å². The molecule has 9 aromatic rings. The molecule has 0 fully saturated rings. The number of hydrogen-bond acceptors (Lipinski definition) is 1. The summed E-state index contributed by atoms with van der Waals surface area (Å²) in [4.78, 5) is 2.37. The fourth-order valence-corrected chi connectivity index (χ4v) is 7.15. The molecule has 236 valence electrons. The van der Waals surface area contributed by atoms with Crippen molar-refractivity contribution in [2.75, 3.05) is 4.90 Å². The van der Waals surface area contributed by atoms with Crippen LogP contribution in [0.2, 0.25) is 0 Å². The number of benzene rings is 8. The second kappa shape index (κ2) is 12.8. The molecule has 0 aliphatic rings. The van der Waals surface area contributed by atoms with Gasteiger partial charge in [0.2, 0.25) is 0 Å². The normalized spacial score (nSPS) is 11.2. The van der Waals surface area contributed by atoms with Gasteiger partial charge >= 0.3 is 0 Å². The molecule has 0 atom stereocenters. The molecule has 8 aromatic carbocycles. The van der Waals surface area contributed by atoms with Crippen molar-refractivity contribution in [1.29, 1.82) is 0 Å². The lowest BCUT2D eigenvalue weighted by atomic mass is 10.0. The number of nitrogens with zero attached hydrogens (tertiary/aromatic N) is 2. The molecule has 1 aromatic heterocycles. The van der Waals surface area contributed by atoms with Crippen molar-refractivity contribution in [2.45, 2.75) is 0 Å². The quantitative estimate of drug-likeness (QED) is 0.169. The van der Waals surface area contributed by atoms with Crippen LogP contribution in [-0.4, -0.2) is 4.57 Å². The molecule has 0 bridgehead atoms. The first kappa shape index (κ1) is 29.5. The zero-order valence-electron chi connectivity index (χ0n) is 27.5. The van der Waals surface area contributed by atoms with E-state index < -0.39 is 0 Å². The standard InChI is InChI=1S/C48H34N2/c1-4-13-35(14-5-1)38-23-27-41(28-24-38)49(42-29-25-39(26-30-42)36-15-6-2-7-16-36)44-31-32-48-46(34-44)45-21-10-11-22-47(45)50(48)43-20-12-19-40(33-43)37-17-8-3-9-18-37/h1-34H. The molecule has 0 saturated carbocycles. The highest BCUT2D eigenvalue weighted by Gasteiger charge is 2.18. The highest BCUT2D eigenvalue weighted by molar-refractivity contribution is 6.10. The zero-order chi connectivity index (χ0) is 33.3. The first-order valence-corrected chi connectivity index (χ1v) is 17.1.